The van der Waals surface area contributed by atoms with Gasteiger partial charge in [0.05, 0.1) is 49.7 Å². The van der Waals surface area contributed by atoms with E-state index in [4.69, 9.17) is 40.0 Å². The normalized spacial score (nSPS) is 13.8. The van der Waals surface area contributed by atoms with E-state index in [0.29, 0.717) is 110 Å². The smallest absolute Gasteiger partial charge is 0.254 e. The Morgan fingerprint density at radius 1 is 0.382 bits per heavy atom. The number of carbonyl (C=O) groups is 4. The molecule has 4 aromatic heterocycles. The molecule has 12 aromatic rings. The Morgan fingerprint density at radius 2 is 0.699 bits per heavy atom. The highest BCUT2D eigenvalue weighted by atomic mass is 16.5. The van der Waals surface area contributed by atoms with Crippen LogP contribution in [0.5, 0.6) is 23.5 Å². The molecular formula is C100H112N12O11. The van der Waals surface area contributed by atoms with Crippen molar-refractivity contribution in [2.45, 2.75) is 114 Å². The van der Waals surface area contributed by atoms with Crippen LogP contribution in [0.3, 0.4) is 0 Å². The fourth-order valence-electron chi connectivity index (χ4n) is 15.8. The van der Waals surface area contributed by atoms with Crippen molar-refractivity contribution in [1.82, 2.24) is 60.4 Å². The summed E-state index contributed by atoms with van der Waals surface area (Å²) in [6.07, 6.45) is 5.42. The van der Waals surface area contributed by atoms with Crippen LogP contribution in [-0.2, 0) is 9.47 Å². The highest BCUT2D eigenvalue weighted by molar-refractivity contribution is 5.99. The molecule has 0 bridgehead atoms. The number of terminal acetylenes is 1. The van der Waals surface area contributed by atoms with Gasteiger partial charge in [-0.3, -0.25) is 39.6 Å². The monoisotopic (exact) mass is 1660 g/mol. The van der Waals surface area contributed by atoms with Crippen LogP contribution >= 0.6 is 0 Å². The fraction of sp³-hybridized carbons (Fsp3) is 0.340. The van der Waals surface area contributed by atoms with Crippen LogP contribution in [0.15, 0.2) is 164 Å². The number of hydrogen-bond acceptors (Lipinski definition) is 15. The number of aromatic amines is 4. The van der Waals surface area contributed by atoms with Crippen molar-refractivity contribution in [3.63, 3.8) is 0 Å². The first kappa shape index (κ1) is 87.9. The van der Waals surface area contributed by atoms with E-state index in [2.05, 4.69) is 153 Å². The maximum Gasteiger partial charge on any atom is 0.254 e. The molecule has 4 fully saturated rings. The molecule has 638 valence electrons. The standard InChI is InChI=1S/C26H31N3O3.C25H29N3O3.C25H25N3O3.C24H27N3O2/c1-5-31-12-13-32-25-19(4)24(27-28-25)23-14-21(11-8-18(23)3)26(30)29-15-22(16-29)20-9-6-17(2)7-10-20;1-16-5-8-19(9-6-16)21-14-28(15-21)25(29)20-10-7-17(2)22(13-20)23-18(3)24(27-26-23)31-12-11-30-4;1-4-18-6-9-19(10-7-18)21-14-28(15-21)25(30)20-8-5-16(2)22(13-20)23-17(3)24(27-26-23)31-12-11-29;1-14-6-8-18(9-7-14)19-12-27(13-19)24(28)21-11-20(15(2)10-16(21)3)22-17(4)23(29-5)26-25-22/h6-11,14,22H,5,12-13,15-16H2,1-4H3,(H,27,28);5-10,13,21H,11-12,14-15H2,1-4H3,(H,26,27);1,5-10,13,21,29H,11-12,14-15H2,2-3H3,(H,26,27);6-11,19H,12-13H2,1-5H3,(H,25,26). The summed E-state index contributed by atoms with van der Waals surface area (Å²) in [5.74, 6) is 6.63. The average Bonchev–Trinajstić information content (AvgIpc) is 1.78. The number of hydrogen-bond donors (Lipinski definition) is 5. The summed E-state index contributed by atoms with van der Waals surface area (Å²) >= 11 is 0. The van der Waals surface area contributed by atoms with Crippen LogP contribution in [0.4, 0.5) is 0 Å². The van der Waals surface area contributed by atoms with Crippen molar-refractivity contribution >= 4 is 23.6 Å². The molecule has 0 radical (unpaired) electrons. The summed E-state index contributed by atoms with van der Waals surface area (Å²) in [6.45, 7) is 34.8. The number of rotatable bonds is 25. The minimum atomic E-state index is -0.0739. The summed E-state index contributed by atoms with van der Waals surface area (Å²) < 4.78 is 32.5. The van der Waals surface area contributed by atoms with Gasteiger partial charge in [-0.05, 0) is 195 Å². The second-order valence-electron chi connectivity index (χ2n) is 32.5. The van der Waals surface area contributed by atoms with E-state index in [-0.39, 0.29) is 36.8 Å². The zero-order chi connectivity index (χ0) is 87.3. The lowest BCUT2D eigenvalue weighted by Crippen LogP contribution is -2.48. The zero-order valence-electron chi connectivity index (χ0n) is 73.2. The number of benzene rings is 8. The van der Waals surface area contributed by atoms with Crippen LogP contribution in [-0.4, -0.2) is 202 Å². The molecule has 4 amide bonds. The van der Waals surface area contributed by atoms with E-state index < -0.39 is 0 Å². The Morgan fingerprint density at radius 3 is 1.02 bits per heavy atom. The number of nitrogens with zero attached hydrogens (tertiary/aromatic N) is 8. The molecule has 123 heavy (non-hydrogen) atoms. The van der Waals surface area contributed by atoms with Gasteiger partial charge >= 0.3 is 0 Å². The minimum Gasteiger partial charge on any atom is -0.480 e. The summed E-state index contributed by atoms with van der Waals surface area (Å²) in [5.41, 5.74) is 28.8. The predicted octanol–water partition coefficient (Wildman–Crippen LogP) is 16.8. The average molecular weight is 1660 g/mol. The number of amides is 4. The van der Waals surface area contributed by atoms with E-state index in [9.17, 15) is 19.2 Å². The Hall–Kier alpha value is -12.9. The lowest BCUT2D eigenvalue weighted by Gasteiger charge is -2.40. The largest absolute Gasteiger partial charge is 0.480 e. The van der Waals surface area contributed by atoms with Gasteiger partial charge in [-0.25, -0.2) is 0 Å². The van der Waals surface area contributed by atoms with E-state index in [1.165, 1.54) is 38.9 Å². The van der Waals surface area contributed by atoms with E-state index >= 15 is 0 Å². The van der Waals surface area contributed by atoms with Crippen LogP contribution in [0.1, 0.15) is 167 Å². The van der Waals surface area contributed by atoms with Crippen molar-refractivity contribution in [2.75, 3.05) is 113 Å². The second kappa shape index (κ2) is 39.8. The number of carbonyl (C=O) groups excluding carboxylic acids is 4. The van der Waals surface area contributed by atoms with Crippen molar-refractivity contribution in [1.29, 1.82) is 0 Å². The summed E-state index contributed by atoms with van der Waals surface area (Å²) in [5, 5.41) is 38.2. The fourth-order valence-corrected chi connectivity index (χ4v) is 15.8. The molecule has 4 aliphatic heterocycles. The number of H-pyrrole nitrogens is 4. The first-order chi connectivity index (χ1) is 59.3. The number of aliphatic hydroxyl groups excluding tert-OH is 1. The molecule has 0 aliphatic carbocycles. The van der Waals surface area contributed by atoms with Gasteiger partial charge in [-0.15, -0.1) is 26.8 Å². The second-order valence-corrected chi connectivity index (χ2v) is 32.5. The molecule has 16 rings (SSSR count). The van der Waals surface area contributed by atoms with Crippen molar-refractivity contribution in [2.24, 2.45) is 0 Å². The zero-order valence-corrected chi connectivity index (χ0v) is 73.2. The quantitative estimate of drug-likeness (QED) is 0.0263. The lowest BCUT2D eigenvalue weighted by atomic mass is 9.89. The highest BCUT2D eigenvalue weighted by Crippen LogP contribution is 2.40. The molecule has 23 nitrogen and oxygen atoms in total. The number of nitrogens with one attached hydrogen (secondary N) is 4. The lowest BCUT2D eigenvalue weighted by molar-refractivity contribution is 0.0595. The first-order valence-electron chi connectivity index (χ1n) is 42.0. The van der Waals surface area contributed by atoms with E-state index in [1.807, 2.05) is 167 Å². The Balaban J connectivity index is 0.000000141. The van der Waals surface area contributed by atoms with Gasteiger partial charge in [0.1, 0.15) is 19.8 Å². The van der Waals surface area contributed by atoms with E-state index in [1.54, 1.807) is 14.2 Å². The van der Waals surface area contributed by atoms with Gasteiger partial charge in [0.15, 0.2) is 0 Å². The number of likely N-dealkylation sites (tertiary alicyclic amines) is 4. The third kappa shape index (κ3) is 20.2. The van der Waals surface area contributed by atoms with Crippen LogP contribution in [0, 0.1) is 95.4 Å². The number of ether oxygens (including phenoxy) is 6. The maximum atomic E-state index is 13.2. The molecule has 4 saturated heterocycles. The van der Waals surface area contributed by atoms with Crippen LogP contribution in [0.2, 0.25) is 0 Å². The van der Waals surface area contributed by atoms with Crippen LogP contribution in [0.25, 0.3) is 45.0 Å². The molecule has 4 aliphatic rings. The van der Waals surface area contributed by atoms with Crippen molar-refractivity contribution in [3.8, 4) is 80.9 Å². The summed E-state index contributed by atoms with van der Waals surface area (Å²) in [6, 6.07) is 55.3. The minimum absolute atomic E-state index is 0.0201. The topological polar surface area (TPSA) is 272 Å². The third-order valence-electron chi connectivity index (χ3n) is 23.8. The van der Waals surface area contributed by atoms with Crippen molar-refractivity contribution < 1.29 is 52.7 Å². The Labute approximate surface area is 720 Å². The van der Waals surface area contributed by atoms with Crippen LogP contribution < -0.4 is 18.9 Å². The molecule has 8 heterocycles. The van der Waals surface area contributed by atoms with Gasteiger partial charge < -0.3 is 53.1 Å². The predicted molar refractivity (Wildman–Crippen MR) is 480 cm³/mol. The Bertz CT molecular complexity index is 5750. The SMILES string of the molecule is C#Cc1ccc(C2CN(C(=O)c3ccc(C)c(-c4[nH]nc(OCCO)c4C)c3)C2)cc1.CCOCCOc1n[nH]c(-c2cc(C(=O)N3CC(c4ccc(C)cc4)C3)ccc2C)c1C.COCCOc1n[nH]c(-c2cc(C(=O)N3CC(c4ccc(C)cc4)C3)ccc2C)c1C.COc1n[nH]c(-c2cc(C(=O)N3CC(c4ccc(C)cc4)C3)c(C)cc2C)c1C. The molecule has 0 unspecified atom stereocenters. The van der Waals surface area contributed by atoms with Gasteiger partial charge in [0.25, 0.3) is 23.6 Å². The number of aromatic nitrogens is 8. The molecule has 0 spiro atoms. The molecule has 5 N–H and O–H groups in total. The number of aliphatic hydroxyl groups is 1. The molecule has 0 saturated carbocycles. The first-order valence-corrected chi connectivity index (χ1v) is 42.0. The molecule has 23 heteroatoms. The molecule has 8 aromatic carbocycles. The maximum absolute atomic E-state index is 13.2. The number of methoxy groups -OCH3 is 2. The van der Waals surface area contributed by atoms with Gasteiger partial charge in [-0.1, -0.05) is 132 Å². The Kier molecular flexibility index (Phi) is 28.4. The highest BCUT2D eigenvalue weighted by Gasteiger charge is 2.37. The van der Waals surface area contributed by atoms with Gasteiger partial charge in [-0.2, -0.15) is 0 Å². The van der Waals surface area contributed by atoms with E-state index in [0.717, 1.165) is 145 Å². The molecule has 0 atom stereocenters. The van der Waals surface area contributed by atoms with Crippen molar-refractivity contribution in [3.05, 3.63) is 281 Å². The summed E-state index contributed by atoms with van der Waals surface area (Å²) in [7, 11) is 3.25. The number of aryl methyl sites for hydroxylation is 8. The molecular weight excluding hydrogens is 1550 g/mol. The summed E-state index contributed by atoms with van der Waals surface area (Å²) in [4.78, 5) is 60.1. The van der Waals surface area contributed by atoms with Gasteiger partial charge in [0, 0.05) is 162 Å². The third-order valence-corrected chi connectivity index (χ3v) is 23.8. The van der Waals surface area contributed by atoms with Gasteiger partial charge in [0.2, 0.25) is 23.5 Å².